The van der Waals surface area contributed by atoms with Gasteiger partial charge in [-0.25, -0.2) is 0 Å². The molecule has 5 nitrogen and oxygen atoms in total. The van der Waals surface area contributed by atoms with Crippen LogP contribution in [0.3, 0.4) is 0 Å². The number of nitro groups is 1. The maximum atomic E-state index is 12.7. The van der Waals surface area contributed by atoms with Crippen LogP contribution < -0.4 is 5.32 Å². The molecule has 1 amide bonds. The largest absolute Gasteiger partial charge is 0.345 e. The van der Waals surface area contributed by atoms with Crippen LogP contribution in [0.15, 0.2) is 36.4 Å². The summed E-state index contributed by atoms with van der Waals surface area (Å²) in [5, 5.41) is 14.2. The first-order valence-corrected chi connectivity index (χ1v) is 9.17. The number of hydrogen-bond donors (Lipinski definition) is 1. The van der Waals surface area contributed by atoms with Crippen LogP contribution in [-0.2, 0) is 12.8 Å². The molecule has 1 atom stereocenters. The molecule has 0 unspecified atom stereocenters. The maximum absolute atomic E-state index is 12.7. The fourth-order valence-corrected chi connectivity index (χ4v) is 3.69. The third-order valence-corrected chi connectivity index (χ3v) is 5.24. The molecular formula is C21H24N2O3. The zero-order chi connectivity index (χ0) is 18.7. The lowest BCUT2D eigenvalue weighted by atomic mass is 9.88. The van der Waals surface area contributed by atoms with Gasteiger partial charge in [-0.05, 0) is 61.8 Å². The molecule has 2 aromatic rings. The van der Waals surface area contributed by atoms with Crippen molar-refractivity contribution in [3.05, 3.63) is 74.3 Å². The molecule has 0 radical (unpaired) electrons. The standard InChI is InChI=1S/C21H24N2O3/c1-3-19(17-12-11-15-7-4-5-8-16(15)13-17)22-21(24)18-9-6-10-20(14(18)2)23(25)26/h6,9-13,19H,3-5,7-8H2,1-2H3,(H,22,24)/t19-/m1/s1. The maximum Gasteiger partial charge on any atom is 0.273 e. The van der Waals surface area contributed by atoms with Crippen LogP contribution in [0.25, 0.3) is 0 Å². The molecule has 5 heteroatoms. The van der Waals surface area contributed by atoms with Crippen LogP contribution in [0, 0.1) is 17.0 Å². The molecule has 0 saturated carbocycles. The van der Waals surface area contributed by atoms with Gasteiger partial charge >= 0.3 is 0 Å². The van der Waals surface area contributed by atoms with Crippen molar-refractivity contribution in [2.75, 3.05) is 0 Å². The predicted octanol–water partition coefficient (Wildman–Crippen LogP) is 4.66. The Kier molecular flexibility index (Phi) is 5.35. The Morgan fingerprint density at radius 3 is 2.62 bits per heavy atom. The van der Waals surface area contributed by atoms with E-state index >= 15 is 0 Å². The number of benzene rings is 2. The number of hydrogen-bond acceptors (Lipinski definition) is 3. The number of nitrogens with one attached hydrogen (secondary N) is 1. The van der Waals surface area contributed by atoms with Gasteiger partial charge in [0.05, 0.1) is 11.0 Å². The third kappa shape index (κ3) is 3.62. The number of amides is 1. The van der Waals surface area contributed by atoms with Gasteiger partial charge in [-0.3, -0.25) is 14.9 Å². The molecule has 26 heavy (non-hydrogen) atoms. The second kappa shape index (κ2) is 7.68. The highest BCUT2D eigenvalue weighted by molar-refractivity contribution is 5.96. The van der Waals surface area contributed by atoms with Crippen molar-refractivity contribution < 1.29 is 9.72 Å². The highest BCUT2D eigenvalue weighted by Crippen LogP contribution is 2.27. The molecular weight excluding hydrogens is 328 g/mol. The van der Waals surface area contributed by atoms with Crippen molar-refractivity contribution in [1.29, 1.82) is 0 Å². The van der Waals surface area contributed by atoms with Gasteiger partial charge in [-0.2, -0.15) is 0 Å². The minimum absolute atomic E-state index is 0.0283. The fourth-order valence-electron chi connectivity index (χ4n) is 3.69. The van der Waals surface area contributed by atoms with Crippen LogP contribution in [0.1, 0.15) is 64.8 Å². The number of carbonyl (C=O) groups is 1. The average Bonchev–Trinajstić information content (AvgIpc) is 2.65. The predicted molar refractivity (Wildman–Crippen MR) is 101 cm³/mol. The molecule has 1 aliphatic rings. The molecule has 1 aliphatic carbocycles. The van der Waals surface area contributed by atoms with E-state index in [9.17, 15) is 14.9 Å². The lowest BCUT2D eigenvalue weighted by molar-refractivity contribution is -0.385. The first-order valence-electron chi connectivity index (χ1n) is 9.17. The van der Waals surface area contributed by atoms with Crippen molar-refractivity contribution in [2.24, 2.45) is 0 Å². The summed E-state index contributed by atoms with van der Waals surface area (Å²) in [7, 11) is 0. The monoisotopic (exact) mass is 352 g/mol. The number of nitrogens with zero attached hydrogens (tertiary/aromatic N) is 1. The Hall–Kier alpha value is -2.69. The molecule has 0 aromatic heterocycles. The van der Waals surface area contributed by atoms with Gasteiger partial charge in [0.25, 0.3) is 11.6 Å². The van der Waals surface area contributed by atoms with Crippen molar-refractivity contribution in [2.45, 2.75) is 52.0 Å². The minimum Gasteiger partial charge on any atom is -0.345 e. The summed E-state index contributed by atoms with van der Waals surface area (Å²) < 4.78 is 0. The van der Waals surface area contributed by atoms with Gasteiger partial charge in [0, 0.05) is 17.2 Å². The smallest absolute Gasteiger partial charge is 0.273 e. The van der Waals surface area contributed by atoms with Crippen molar-refractivity contribution in [3.63, 3.8) is 0 Å². The van der Waals surface area contributed by atoms with Gasteiger partial charge < -0.3 is 5.32 Å². The zero-order valence-electron chi connectivity index (χ0n) is 15.2. The third-order valence-electron chi connectivity index (χ3n) is 5.24. The van der Waals surface area contributed by atoms with E-state index in [1.165, 1.54) is 30.0 Å². The summed E-state index contributed by atoms with van der Waals surface area (Å²) in [6.07, 6.45) is 5.44. The molecule has 0 fully saturated rings. The molecule has 3 rings (SSSR count). The van der Waals surface area contributed by atoms with Gasteiger partial charge in [-0.1, -0.05) is 31.2 Å². The summed E-state index contributed by atoms with van der Waals surface area (Å²) in [4.78, 5) is 23.4. The molecule has 0 saturated heterocycles. The van der Waals surface area contributed by atoms with E-state index in [2.05, 4.69) is 23.5 Å². The second-order valence-corrected chi connectivity index (χ2v) is 6.88. The van der Waals surface area contributed by atoms with Gasteiger partial charge in [0.2, 0.25) is 0 Å². The molecule has 0 aliphatic heterocycles. The molecule has 2 aromatic carbocycles. The number of aryl methyl sites for hydroxylation is 2. The highest BCUT2D eigenvalue weighted by Gasteiger charge is 2.21. The van der Waals surface area contributed by atoms with Crippen molar-refractivity contribution in [3.8, 4) is 0 Å². The molecule has 0 heterocycles. The summed E-state index contributed by atoms with van der Waals surface area (Å²) in [6.45, 7) is 3.65. The summed E-state index contributed by atoms with van der Waals surface area (Å²) >= 11 is 0. The molecule has 136 valence electrons. The Morgan fingerprint density at radius 2 is 1.92 bits per heavy atom. The van der Waals surface area contributed by atoms with Crippen LogP contribution in [-0.4, -0.2) is 10.8 Å². The van der Waals surface area contributed by atoms with Crippen LogP contribution in [0.4, 0.5) is 5.69 Å². The van der Waals surface area contributed by atoms with Gasteiger partial charge in [0.1, 0.15) is 0 Å². The molecule has 1 N–H and O–H groups in total. The van der Waals surface area contributed by atoms with Crippen LogP contribution >= 0.6 is 0 Å². The fraction of sp³-hybridized carbons (Fsp3) is 0.381. The topological polar surface area (TPSA) is 72.2 Å². The number of rotatable bonds is 5. The summed E-state index contributed by atoms with van der Waals surface area (Å²) in [6, 6.07) is 11.0. The van der Waals surface area contributed by atoms with E-state index in [1.54, 1.807) is 19.1 Å². The van der Waals surface area contributed by atoms with E-state index < -0.39 is 4.92 Å². The lowest BCUT2D eigenvalue weighted by Gasteiger charge is -2.22. The quantitative estimate of drug-likeness (QED) is 0.628. The molecule has 0 bridgehead atoms. The average molecular weight is 352 g/mol. The number of nitro benzene ring substituents is 1. The Labute approximate surface area is 153 Å². The Balaban J connectivity index is 1.83. The van der Waals surface area contributed by atoms with E-state index in [0.717, 1.165) is 24.8 Å². The van der Waals surface area contributed by atoms with Gasteiger partial charge in [0.15, 0.2) is 0 Å². The Morgan fingerprint density at radius 1 is 1.19 bits per heavy atom. The first kappa shape index (κ1) is 18.1. The zero-order valence-corrected chi connectivity index (χ0v) is 15.2. The normalized spacial score (nSPS) is 14.4. The summed E-state index contributed by atoms with van der Waals surface area (Å²) in [5.41, 5.74) is 4.62. The number of fused-ring (bicyclic) bond motifs is 1. The van der Waals surface area contributed by atoms with Crippen LogP contribution in [0.5, 0.6) is 0 Å². The lowest BCUT2D eigenvalue weighted by Crippen LogP contribution is -2.29. The summed E-state index contributed by atoms with van der Waals surface area (Å²) in [5.74, 6) is -0.268. The van der Waals surface area contributed by atoms with Crippen molar-refractivity contribution in [1.82, 2.24) is 5.32 Å². The second-order valence-electron chi connectivity index (χ2n) is 6.88. The van der Waals surface area contributed by atoms with Gasteiger partial charge in [-0.15, -0.1) is 0 Å². The Bertz CT molecular complexity index is 845. The van der Waals surface area contributed by atoms with Crippen molar-refractivity contribution >= 4 is 11.6 Å². The highest BCUT2D eigenvalue weighted by atomic mass is 16.6. The van der Waals surface area contributed by atoms with E-state index in [4.69, 9.17) is 0 Å². The SMILES string of the molecule is CC[C@@H](NC(=O)c1cccc([N+](=O)[O-])c1C)c1ccc2c(c1)CCCC2. The number of carbonyl (C=O) groups excluding carboxylic acids is 1. The molecule has 0 spiro atoms. The van der Waals surface area contributed by atoms with E-state index in [1.807, 2.05) is 6.92 Å². The minimum atomic E-state index is -0.451. The van der Waals surface area contributed by atoms with E-state index in [0.29, 0.717) is 11.1 Å². The van der Waals surface area contributed by atoms with Crippen LogP contribution in [0.2, 0.25) is 0 Å². The van der Waals surface area contributed by atoms with E-state index in [-0.39, 0.29) is 17.6 Å². The first-order chi connectivity index (χ1) is 12.5.